The molecule has 0 aliphatic rings. The Morgan fingerprint density at radius 2 is 2.03 bits per heavy atom. The van der Waals surface area contributed by atoms with Crippen LogP contribution in [0.1, 0.15) is 44.0 Å². The lowest BCUT2D eigenvalue weighted by atomic mass is 9.89. The summed E-state index contributed by atoms with van der Waals surface area (Å²) < 4.78 is 45.8. The van der Waals surface area contributed by atoms with Crippen LogP contribution < -0.4 is 15.8 Å². The van der Waals surface area contributed by atoms with Gasteiger partial charge in [0, 0.05) is 16.6 Å². The minimum atomic E-state index is -2.81. The topological polar surface area (TPSA) is 102 Å². The summed E-state index contributed by atoms with van der Waals surface area (Å²) >= 11 is 6.37. The minimum Gasteiger partial charge on any atom is -0.487 e. The molecule has 7 nitrogen and oxygen atoms in total. The van der Waals surface area contributed by atoms with E-state index in [1.54, 1.807) is 39.0 Å². The van der Waals surface area contributed by atoms with Gasteiger partial charge >= 0.3 is 0 Å². The van der Waals surface area contributed by atoms with E-state index in [0.29, 0.717) is 45.0 Å². The zero-order chi connectivity index (χ0) is 27.3. The first-order valence-corrected chi connectivity index (χ1v) is 11.7. The molecule has 37 heavy (non-hydrogen) atoms. The molecule has 0 saturated carbocycles. The van der Waals surface area contributed by atoms with Crippen molar-refractivity contribution in [3.8, 4) is 5.75 Å². The normalized spacial score (nSPS) is 12.5. The minimum absolute atomic E-state index is 0.0659. The fourth-order valence-electron chi connectivity index (χ4n) is 3.91. The van der Waals surface area contributed by atoms with E-state index >= 15 is 0 Å². The molecule has 0 bridgehead atoms. The molecule has 0 fully saturated rings. The van der Waals surface area contributed by atoms with E-state index in [-0.39, 0.29) is 11.6 Å². The highest BCUT2D eigenvalue weighted by molar-refractivity contribution is 6.31. The second kappa shape index (κ2) is 11.6. The van der Waals surface area contributed by atoms with Crippen LogP contribution in [-0.2, 0) is 16.9 Å². The van der Waals surface area contributed by atoms with Gasteiger partial charge in [0.1, 0.15) is 29.5 Å². The molecule has 0 spiro atoms. The number of carbonyl (C=O) groups is 1. The van der Waals surface area contributed by atoms with Crippen LogP contribution in [0.2, 0.25) is 5.02 Å². The number of benzene rings is 2. The number of aliphatic imine (C=N–C) groups is 2. The summed E-state index contributed by atoms with van der Waals surface area (Å²) in [5.74, 6) is -0.633. The highest BCUT2D eigenvalue weighted by Gasteiger charge is 2.29. The van der Waals surface area contributed by atoms with Crippen molar-refractivity contribution in [2.24, 2.45) is 15.7 Å². The van der Waals surface area contributed by atoms with Gasteiger partial charge in [0.15, 0.2) is 0 Å². The number of nitrogens with one attached hydrogen (secondary N) is 1. The highest BCUT2D eigenvalue weighted by Crippen LogP contribution is 2.35. The Morgan fingerprint density at radius 1 is 1.30 bits per heavy atom. The van der Waals surface area contributed by atoms with Crippen molar-refractivity contribution in [3.63, 3.8) is 0 Å². The van der Waals surface area contributed by atoms with Gasteiger partial charge in [-0.3, -0.25) is 4.79 Å². The molecular weight excluding hydrogens is 507 g/mol. The van der Waals surface area contributed by atoms with Gasteiger partial charge in [0.2, 0.25) is 12.3 Å². The van der Waals surface area contributed by atoms with Gasteiger partial charge in [-0.05, 0) is 57.5 Å². The number of ether oxygens (including phenoxy) is 1. The number of fused-ring (bicyclic) bond motifs is 1. The Balaban J connectivity index is 2.00. The number of para-hydroxylation sites is 1. The van der Waals surface area contributed by atoms with Gasteiger partial charge in [-0.25, -0.2) is 28.1 Å². The molecular formula is C26H27ClF3N5O2. The van der Waals surface area contributed by atoms with Crippen molar-refractivity contribution >= 4 is 46.3 Å². The van der Waals surface area contributed by atoms with Gasteiger partial charge < -0.3 is 15.8 Å². The molecule has 11 heteroatoms. The predicted molar refractivity (Wildman–Crippen MR) is 139 cm³/mol. The van der Waals surface area contributed by atoms with Crippen molar-refractivity contribution in [2.45, 2.75) is 52.7 Å². The van der Waals surface area contributed by atoms with E-state index < -0.39 is 30.1 Å². The van der Waals surface area contributed by atoms with Crippen LogP contribution in [0.25, 0.3) is 10.9 Å². The first-order valence-electron chi connectivity index (χ1n) is 11.3. The lowest BCUT2D eigenvalue weighted by Crippen LogP contribution is -2.42. The van der Waals surface area contributed by atoms with Crippen molar-refractivity contribution in [1.29, 1.82) is 0 Å². The Hall–Kier alpha value is -3.66. The molecule has 3 aromatic rings. The molecule has 0 aliphatic heterocycles. The third-order valence-corrected chi connectivity index (χ3v) is 5.79. The van der Waals surface area contributed by atoms with E-state index in [0.717, 1.165) is 12.4 Å². The summed E-state index contributed by atoms with van der Waals surface area (Å²) in [6, 6.07) is 9.47. The number of halogens is 4. The molecule has 1 heterocycles. The van der Waals surface area contributed by atoms with Gasteiger partial charge in [-0.1, -0.05) is 23.7 Å². The maximum Gasteiger partial charge on any atom is 0.247 e. The molecule has 196 valence electrons. The summed E-state index contributed by atoms with van der Waals surface area (Å²) in [5, 5.41) is 3.30. The van der Waals surface area contributed by atoms with Crippen LogP contribution in [0.3, 0.4) is 0 Å². The number of alkyl halides is 2. The Morgan fingerprint density at radius 3 is 2.70 bits per heavy atom. The van der Waals surface area contributed by atoms with Crippen molar-refractivity contribution in [3.05, 3.63) is 64.1 Å². The van der Waals surface area contributed by atoms with E-state index in [1.165, 1.54) is 6.07 Å². The zero-order valence-corrected chi connectivity index (χ0v) is 21.5. The van der Waals surface area contributed by atoms with Crippen LogP contribution in [0, 0.1) is 12.7 Å². The number of nitrogens with two attached hydrogens (primary N) is 1. The van der Waals surface area contributed by atoms with Gasteiger partial charge in [0.25, 0.3) is 0 Å². The monoisotopic (exact) mass is 533 g/mol. The summed E-state index contributed by atoms with van der Waals surface area (Å²) in [7, 11) is 0. The molecule has 0 radical (unpaired) electrons. The average Bonchev–Trinajstić information content (AvgIpc) is 2.77. The van der Waals surface area contributed by atoms with Crippen LogP contribution >= 0.6 is 11.6 Å². The molecule has 0 atom stereocenters. The molecule has 0 saturated heterocycles. The fourth-order valence-corrected chi connectivity index (χ4v) is 4.17. The van der Waals surface area contributed by atoms with Crippen molar-refractivity contribution in [2.75, 3.05) is 0 Å². The zero-order valence-electron chi connectivity index (χ0n) is 20.8. The molecule has 2 aromatic carbocycles. The van der Waals surface area contributed by atoms with Gasteiger partial charge in [-0.2, -0.15) is 0 Å². The predicted octanol–water partition coefficient (Wildman–Crippen LogP) is 5.96. The SMILES string of the molecule is CC(N=CN)=Nc1cc(C)nc2c(OCc3c(Cl)cc(F)cc3C(C)(C)NC(=O)CC(F)F)cccc12. The second-order valence-electron chi connectivity index (χ2n) is 8.84. The highest BCUT2D eigenvalue weighted by atomic mass is 35.5. The largest absolute Gasteiger partial charge is 0.487 e. The maximum atomic E-state index is 14.3. The number of pyridine rings is 1. The van der Waals surface area contributed by atoms with Crippen LogP contribution in [0.15, 0.2) is 46.4 Å². The average molecular weight is 534 g/mol. The van der Waals surface area contributed by atoms with E-state index in [4.69, 9.17) is 22.1 Å². The third-order valence-electron chi connectivity index (χ3n) is 5.45. The summed E-state index contributed by atoms with van der Waals surface area (Å²) in [6.07, 6.45) is -2.62. The smallest absolute Gasteiger partial charge is 0.247 e. The fraction of sp³-hybridized carbons (Fsp3) is 0.308. The summed E-state index contributed by atoms with van der Waals surface area (Å²) in [4.78, 5) is 25.1. The third kappa shape index (κ3) is 6.97. The lowest BCUT2D eigenvalue weighted by Gasteiger charge is -2.30. The van der Waals surface area contributed by atoms with Crippen LogP contribution in [0.4, 0.5) is 18.9 Å². The molecule has 1 aromatic heterocycles. The van der Waals surface area contributed by atoms with E-state index in [9.17, 15) is 18.0 Å². The second-order valence-corrected chi connectivity index (χ2v) is 9.25. The van der Waals surface area contributed by atoms with Crippen molar-refractivity contribution < 1.29 is 22.7 Å². The van der Waals surface area contributed by atoms with E-state index in [1.807, 2.05) is 13.0 Å². The number of nitrogens with zero attached hydrogens (tertiary/aromatic N) is 3. The summed E-state index contributed by atoms with van der Waals surface area (Å²) in [5.41, 5.74) is 6.68. The number of amides is 1. The quantitative estimate of drug-likeness (QED) is 0.275. The van der Waals surface area contributed by atoms with Gasteiger partial charge in [-0.15, -0.1) is 0 Å². The number of aromatic nitrogens is 1. The number of carbonyl (C=O) groups excluding carboxylic acids is 1. The molecule has 0 unspecified atom stereocenters. The Bertz CT molecular complexity index is 1380. The maximum absolute atomic E-state index is 14.3. The standard InChI is InChI=1S/C26H27ClF3N5O2/c1-14-8-21(34-15(2)32-13-31)17-6-5-7-22(25(17)33-14)37-12-18-19(9-16(28)10-20(18)27)26(3,4)35-24(36)11-23(29)30/h5-10,13,23H,11-12H2,1-4H3,(H,35,36)(H2,31,32,33,34). The number of amidine groups is 1. The molecule has 0 aliphatic carbocycles. The number of hydrogen-bond acceptors (Lipinski definition) is 4. The molecule has 3 rings (SSSR count). The van der Waals surface area contributed by atoms with Crippen molar-refractivity contribution in [1.82, 2.24) is 10.3 Å². The number of hydrogen-bond donors (Lipinski definition) is 2. The van der Waals surface area contributed by atoms with Gasteiger partial charge in [0.05, 0.1) is 29.0 Å². The Labute approximate surface area is 217 Å². The summed E-state index contributed by atoms with van der Waals surface area (Å²) in [6.45, 7) is 6.57. The van der Waals surface area contributed by atoms with Crippen LogP contribution in [0.5, 0.6) is 5.75 Å². The van der Waals surface area contributed by atoms with E-state index in [2.05, 4.69) is 20.3 Å². The first kappa shape index (κ1) is 27.9. The molecule has 3 N–H and O–H groups in total. The number of rotatable bonds is 8. The first-order chi connectivity index (χ1) is 17.4. The Kier molecular flexibility index (Phi) is 8.75. The number of aryl methyl sites for hydroxylation is 1. The lowest BCUT2D eigenvalue weighted by molar-refractivity contribution is -0.125. The molecule has 1 amide bonds. The van der Waals surface area contributed by atoms with Crippen LogP contribution in [-0.4, -0.2) is 29.5 Å².